The normalized spacial score (nSPS) is 28.1. The van der Waals surface area contributed by atoms with Crippen molar-refractivity contribution in [3.05, 3.63) is 29.3 Å². The molecule has 1 saturated carbocycles. The van der Waals surface area contributed by atoms with E-state index >= 15 is 0 Å². The van der Waals surface area contributed by atoms with Crippen LogP contribution in [-0.2, 0) is 0 Å². The third-order valence-electron chi connectivity index (χ3n) is 6.01. The molecule has 1 aromatic rings. The van der Waals surface area contributed by atoms with E-state index in [9.17, 15) is 0 Å². The molecule has 1 aromatic carbocycles. The highest BCUT2D eigenvalue weighted by molar-refractivity contribution is 5.55. The second-order valence-corrected chi connectivity index (χ2v) is 7.73. The Balaban J connectivity index is 1.59. The molecule has 3 rings (SSSR count). The highest BCUT2D eigenvalue weighted by Crippen LogP contribution is 2.35. The predicted octanol–water partition coefficient (Wildman–Crippen LogP) is 4.25. The molecular formula is C20H32N2. The largest absolute Gasteiger partial charge is 0.369 e. The second kappa shape index (κ2) is 6.62. The molecule has 0 amide bonds. The molecule has 2 fully saturated rings. The number of hydrogen-bond donors (Lipinski definition) is 0. The summed E-state index contributed by atoms with van der Waals surface area (Å²) in [6.45, 7) is 14.1. The van der Waals surface area contributed by atoms with Crippen LogP contribution in [0, 0.1) is 25.7 Å². The molecule has 1 aliphatic heterocycles. The number of piperazine rings is 1. The molecule has 1 saturated heterocycles. The standard InChI is InChI=1S/C20H32N2/c1-15-6-8-19(13-15)18(4)21-9-11-22(12-10-21)20-14-16(2)5-7-17(20)3/h5,7,14-15,18-19H,6,8-13H2,1-4H3. The summed E-state index contributed by atoms with van der Waals surface area (Å²) >= 11 is 0. The summed E-state index contributed by atoms with van der Waals surface area (Å²) in [5.41, 5.74) is 4.23. The van der Waals surface area contributed by atoms with Gasteiger partial charge < -0.3 is 4.90 Å². The molecule has 1 aliphatic carbocycles. The third-order valence-corrected chi connectivity index (χ3v) is 6.01. The van der Waals surface area contributed by atoms with E-state index in [2.05, 4.69) is 55.7 Å². The Bertz CT molecular complexity index is 502. The zero-order valence-corrected chi connectivity index (χ0v) is 14.8. The summed E-state index contributed by atoms with van der Waals surface area (Å²) in [4.78, 5) is 5.33. The van der Waals surface area contributed by atoms with Gasteiger partial charge in [-0.2, -0.15) is 0 Å². The van der Waals surface area contributed by atoms with E-state index in [0.717, 1.165) is 17.9 Å². The van der Waals surface area contributed by atoms with Crippen molar-refractivity contribution in [2.24, 2.45) is 11.8 Å². The molecule has 22 heavy (non-hydrogen) atoms. The average molecular weight is 300 g/mol. The van der Waals surface area contributed by atoms with Gasteiger partial charge in [0.2, 0.25) is 0 Å². The van der Waals surface area contributed by atoms with Crippen LogP contribution >= 0.6 is 0 Å². The van der Waals surface area contributed by atoms with Crippen LogP contribution in [-0.4, -0.2) is 37.1 Å². The highest BCUT2D eigenvalue weighted by Gasteiger charge is 2.31. The fourth-order valence-corrected chi connectivity index (χ4v) is 4.42. The van der Waals surface area contributed by atoms with Gasteiger partial charge in [-0.25, -0.2) is 0 Å². The van der Waals surface area contributed by atoms with Gasteiger partial charge in [0, 0.05) is 37.9 Å². The van der Waals surface area contributed by atoms with Crippen molar-refractivity contribution in [3.63, 3.8) is 0 Å². The Hall–Kier alpha value is -1.02. The number of benzene rings is 1. The molecule has 0 aromatic heterocycles. The smallest absolute Gasteiger partial charge is 0.0399 e. The van der Waals surface area contributed by atoms with E-state index in [1.807, 2.05) is 0 Å². The van der Waals surface area contributed by atoms with Crippen LogP contribution in [0.15, 0.2) is 18.2 Å². The van der Waals surface area contributed by atoms with Crippen LogP contribution < -0.4 is 4.90 Å². The number of nitrogens with zero attached hydrogens (tertiary/aromatic N) is 2. The predicted molar refractivity (Wildman–Crippen MR) is 95.7 cm³/mol. The minimum Gasteiger partial charge on any atom is -0.369 e. The van der Waals surface area contributed by atoms with Crippen LogP contribution in [0.3, 0.4) is 0 Å². The first kappa shape index (κ1) is 15.9. The van der Waals surface area contributed by atoms with Gasteiger partial charge in [-0.3, -0.25) is 4.90 Å². The minimum atomic E-state index is 0.769. The number of anilines is 1. The Morgan fingerprint density at radius 1 is 1.05 bits per heavy atom. The van der Waals surface area contributed by atoms with E-state index in [-0.39, 0.29) is 0 Å². The van der Waals surface area contributed by atoms with Gasteiger partial charge in [0.15, 0.2) is 0 Å². The molecule has 2 heteroatoms. The van der Waals surface area contributed by atoms with Gasteiger partial charge in [-0.05, 0) is 62.6 Å². The van der Waals surface area contributed by atoms with Crippen LogP contribution in [0.25, 0.3) is 0 Å². The molecule has 0 radical (unpaired) electrons. The van der Waals surface area contributed by atoms with Crippen molar-refractivity contribution < 1.29 is 0 Å². The lowest BCUT2D eigenvalue weighted by Gasteiger charge is -2.41. The zero-order chi connectivity index (χ0) is 15.7. The maximum atomic E-state index is 2.74. The average Bonchev–Trinajstić information content (AvgIpc) is 2.96. The SMILES string of the molecule is Cc1ccc(C)c(N2CCN(C(C)C3CCC(C)C3)CC2)c1. The number of aryl methyl sites for hydroxylation is 2. The molecule has 0 spiro atoms. The summed E-state index contributed by atoms with van der Waals surface area (Å²) in [6, 6.07) is 7.61. The molecule has 1 heterocycles. The first-order chi connectivity index (χ1) is 10.5. The van der Waals surface area contributed by atoms with Gasteiger partial charge >= 0.3 is 0 Å². The summed E-state index contributed by atoms with van der Waals surface area (Å²) < 4.78 is 0. The van der Waals surface area contributed by atoms with E-state index in [1.54, 1.807) is 0 Å². The fourth-order valence-electron chi connectivity index (χ4n) is 4.42. The summed E-state index contributed by atoms with van der Waals surface area (Å²) in [5, 5.41) is 0. The van der Waals surface area contributed by atoms with Gasteiger partial charge in [0.05, 0.1) is 0 Å². The molecule has 122 valence electrons. The number of rotatable bonds is 3. The maximum Gasteiger partial charge on any atom is 0.0399 e. The molecular weight excluding hydrogens is 268 g/mol. The zero-order valence-electron chi connectivity index (χ0n) is 14.8. The molecule has 3 unspecified atom stereocenters. The Kier molecular flexibility index (Phi) is 4.77. The highest BCUT2D eigenvalue weighted by atomic mass is 15.3. The summed E-state index contributed by atoms with van der Waals surface area (Å²) in [7, 11) is 0. The molecule has 3 atom stereocenters. The second-order valence-electron chi connectivity index (χ2n) is 7.73. The van der Waals surface area contributed by atoms with Crippen LogP contribution in [0.4, 0.5) is 5.69 Å². The van der Waals surface area contributed by atoms with Crippen molar-refractivity contribution in [1.29, 1.82) is 0 Å². The maximum absolute atomic E-state index is 2.74. The van der Waals surface area contributed by atoms with Gasteiger partial charge in [-0.15, -0.1) is 0 Å². The van der Waals surface area contributed by atoms with Crippen LogP contribution in [0.1, 0.15) is 44.2 Å². The van der Waals surface area contributed by atoms with E-state index in [0.29, 0.717) is 0 Å². The van der Waals surface area contributed by atoms with Gasteiger partial charge in [0.1, 0.15) is 0 Å². The first-order valence-electron chi connectivity index (χ1n) is 9.11. The van der Waals surface area contributed by atoms with E-state index in [4.69, 9.17) is 0 Å². The third kappa shape index (κ3) is 3.32. The lowest BCUT2D eigenvalue weighted by molar-refractivity contribution is 0.145. The Morgan fingerprint density at radius 3 is 2.41 bits per heavy atom. The van der Waals surface area contributed by atoms with Crippen LogP contribution in [0.5, 0.6) is 0 Å². The van der Waals surface area contributed by atoms with Gasteiger partial charge in [-0.1, -0.05) is 25.5 Å². The quantitative estimate of drug-likeness (QED) is 0.823. The first-order valence-corrected chi connectivity index (χ1v) is 9.11. The topological polar surface area (TPSA) is 6.48 Å². The van der Waals surface area contributed by atoms with Crippen molar-refractivity contribution in [3.8, 4) is 0 Å². The van der Waals surface area contributed by atoms with Crippen molar-refractivity contribution >= 4 is 5.69 Å². The van der Waals surface area contributed by atoms with Crippen LogP contribution in [0.2, 0.25) is 0 Å². The van der Waals surface area contributed by atoms with Crippen molar-refractivity contribution in [1.82, 2.24) is 4.90 Å². The monoisotopic (exact) mass is 300 g/mol. The van der Waals surface area contributed by atoms with Crippen molar-refractivity contribution in [2.75, 3.05) is 31.1 Å². The number of hydrogen-bond acceptors (Lipinski definition) is 2. The molecule has 2 aliphatic rings. The minimum absolute atomic E-state index is 0.769. The summed E-state index contributed by atoms with van der Waals surface area (Å²) in [5.74, 6) is 1.88. The molecule has 2 nitrogen and oxygen atoms in total. The fraction of sp³-hybridized carbons (Fsp3) is 0.700. The van der Waals surface area contributed by atoms with E-state index < -0.39 is 0 Å². The lowest BCUT2D eigenvalue weighted by Crippen LogP contribution is -2.51. The lowest BCUT2D eigenvalue weighted by atomic mass is 9.96. The summed E-state index contributed by atoms with van der Waals surface area (Å²) in [6.07, 6.45) is 4.33. The van der Waals surface area contributed by atoms with E-state index in [1.165, 1.54) is 62.3 Å². The molecule has 0 N–H and O–H groups in total. The van der Waals surface area contributed by atoms with Crippen molar-refractivity contribution in [2.45, 2.75) is 53.0 Å². The Labute approximate surface area is 136 Å². The Morgan fingerprint density at radius 2 is 1.77 bits per heavy atom. The van der Waals surface area contributed by atoms with Gasteiger partial charge in [0.25, 0.3) is 0 Å². The molecule has 0 bridgehead atoms.